The third kappa shape index (κ3) is 4.59. The fraction of sp³-hybridized carbons (Fsp3) is 0.375. The van der Waals surface area contributed by atoms with Crippen molar-refractivity contribution >= 4 is 5.91 Å². The molecule has 0 radical (unpaired) electrons. The molecule has 1 N–H and O–H groups in total. The smallest absolute Gasteiger partial charge is 0.254 e. The first-order valence-electron chi connectivity index (χ1n) is 6.58. The van der Waals surface area contributed by atoms with E-state index in [1.54, 1.807) is 0 Å². The fourth-order valence-corrected chi connectivity index (χ4v) is 1.81. The highest BCUT2D eigenvalue weighted by molar-refractivity contribution is 5.94. The average molecular weight is 288 g/mol. The van der Waals surface area contributed by atoms with Crippen molar-refractivity contribution in [2.75, 3.05) is 13.2 Å². The molecule has 0 aliphatic carbocycles. The zero-order valence-electron chi connectivity index (χ0n) is 12.1. The minimum absolute atomic E-state index is 0.0808. The van der Waals surface area contributed by atoms with Crippen LogP contribution in [0.15, 0.2) is 18.2 Å². The molecule has 110 valence electrons. The van der Waals surface area contributed by atoms with E-state index in [0.29, 0.717) is 6.54 Å². The van der Waals surface area contributed by atoms with Gasteiger partial charge in [-0.1, -0.05) is 11.8 Å². The molecule has 21 heavy (non-hydrogen) atoms. The van der Waals surface area contributed by atoms with Crippen LogP contribution in [-0.2, 0) is 0 Å². The molecule has 0 atom stereocenters. The number of rotatable bonds is 4. The Balaban J connectivity index is 3.01. The number of nitrogens with zero attached hydrogens (tertiary/aromatic N) is 2. The Kier molecular flexibility index (Phi) is 6.39. The third-order valence-corrected chi connectivity index (χ3v) is 2.87. The van der Waals surface area contributed by atoms with Gasteiger partial charge < -0.3 is 10.0 Å². The molecule has 0 aliphatic rings. The second-order valence-corrected chi connectivity index (χ2v) is 4.65. The van der Waals surface area contributed by atoms with Crippen LogP contribution in [0.3, 0.4) is 0 Å². The fourth-order valence-electron chi connectivity index (χ4n) is 1.81. The summed E-state index contributed by atoms with van der Waals surface area (Å²) in [4.78, 5) is 13.9. The maximum atomic E-state index is 13.8. The second-order valence-electron chi connectivity index (χ2n) is 4.65. The minimum atomic E-state index is -0.606. The van der Waals surface area contributed by atoms with Crippen LogP contribution in [0.1, 0.15) is 36.2 Å². The summed E-state index contributed by atoms with van der Waals surface area (Å²) in [5, 5.41) is 17.2. The van der Waals surface area contributed by atoms with Gasteiger partial charge in [0.15, 0.2) is 0 Å². The number of hydrogen-bond donors (Lipinski definition) is 1. The van der Waals surface area contributed by atoms with Crippen molar-refractivity contribution in [3.05, 3.63) is 35.1 Å². The Bertz CT molecular complexity index is 609. The van der Waals surface area contributed by atoms with E-state index in [0.717, 1.165) is 6.07 Å². The van der Waals surface area contributed by atoms with Gasteiger partial charge in [-0.25, -0.2) is 4.39 Å². The molecule has 0 bridgehead atoms. The topological polar surface area (TPSA) is 64.3 Å². The summed E-state index contributed by atoms with van der Waals surface area (Å²) in [6.45, 7) is 3.63. The molecular formula is C16H17FN2O2. The number of aliphatic hydroxyl groups is 1. The molecule has 4 nitrogen and oxygen atoms in total. The number of carbonyl (C=O) groups excluding carboxylic acids is 1. The Morgan fingerprint density at radius 2 is 2.19 bits per heavy atom. The second kappa shape index (κ2) is 8.04. The predicted octanol–water partition coefficient (Wildman–Crippen LogP) is 1.93. The van der Waals surface area contributed by atoms with Gasteiger partial charge in [0.2, 0.25) is 0 Å². The first kappa shape index (κ1) is 16.7. The average Bonchev–Trinajstić information content (AvgIpc) is 2.45. The summed E-state index contributed by atoms with van der Waals surface area (Å²) < 4.78 is 13.8. The SMILES string of the molecule is CC(C)N(CCC#N)C(=O)c1ccc(C#CCO)c(F)c1. The third-order valence-electron chi connectivity index (χ3n) is 2.87. The highest BCUT2D eigenvalue weighted by Crippen LogP contribution is 2.14. The zero-order chi connectivity index (χ0) is 15.8. The van der Waals surface area contributed by atoms with E-state index in [1.165, 1.54) is 17.0 Å². The van der Waals surface area contributed by atoms with E-state index < -0.39 is 5.82 Å². The maximum Gasteiger partial charge on any atom is 0.254 e. The molecule has 1 aromatic rings. The highest BCUT2D eigenvalue weighted by atomic mass is 19.1. The Labute approximate surface area is 123 Å². The monoisotopic (exact) mass is 288 g/mol. The van der Waals surface area contributed by atoms with E-state index in [-0.39, 0.29) is 36.1 Å². The van der Waals surface area contributed by atoms with Gasteiger partial charge in [-0.2, -0.15) is 5.26 Å². The molecule has 5 heteroatoms. The predicted molar refractivity (Wildman–Crippen MR) is 76.8 cm³/mol. The van der Waals surface area contributed by atoms with Crippen molar-refractivity contribution in [1.82, 2.24) is 4.90 Å². The quantitative estimate of drug-likeness (QED) is 0.861. The van der Waals surface area contributed by atoms with Crippen LogP contribution in [0.4, 0.5) is 4.39 Å². The lowest BCUT2D eigenvalue weighted by molar-refractivity contribution is 0.0709. The molecule has 0 spiro atoms. The van der Waals surface area contributed by atoms with Crippen molar-refractivity contribution in [1.29, 1.82) is 5.26 Å². The summed E-state index contributed by atoms with van der Waals surface area (Å²) in [6.07, 6.45) is 0.229. The van der Waals surface area contributed by atoms with Crippen LogP contribution in [0.25, 0.3) is 0 Å². The summed E-state index contributed by atoms with van der Waals surface area (Å²) >= 11 is 0. The number of carbonyl (C=O) groups is 1. The van der Waals surface area contributed by atoms with Gasteiger partial charge in [-0.15, -0.1) is 0 Å². The van der Waals surface area contributed by atoms with Gasteiger partial charge in [0.25, 0.3) is 5.91 Å². The molecule has 1 rings (SSSR count). The minimum Gasteiger partial charge on any atom is -0.384 e. The molecule has 0 heterocycles. The zero-order valence-corrected chi connectivity index (χ0v) is 12.1. The number of aliphatic hydroxyl groups excluding tert-OH is 1. The molecule has 1 aromatic carbocycles. The molecular weight excluding hydrogens is 271 g/mol. The number of nitriles is 1. The highest BCUT2D eigenvalue weighted by Gasteiger charge is 2.19. The van der Waals surface area contributed by atoms with Crippen LogP contribution in [0, 0.1) is 29.0 Å². The first-order valence-corrected chi connectivity index (χ1v) is 6.58. The largest absolute Gasteiger partial charge is 0.384 e. The van der Waals surface area contributed by atoms with E-state index in [9.17, 15) is 9.18 Å². The lowest BCUT2D eigenvalue weighted by Gasteiger charge is -2.26. The Morgan fingerprint density at radius 1 is 1.48 bits per heavy atom. The molecule has 1 amide bonds. The van der Waals surface area contributed by atoms with Gasteiger partial charge >= 0.3 is 0 Å². The van der Waals surface area contributed by atoms with Crippen molar-refractivity contribution in [2.24, 2.45) is 0 Å². The summed E-state index contributed by atoms with van der Waals surface area (Å²) in [6, 6.07) is 5.95. The maximum absolute atomic E-state index is 13.8. The number of hydrogen-bond acceptors (Lipinski definition) is 3. The van der Waals surface area contributed by atoms with Gasteiger partial charge in [-0.05, 0) is 32.0 Å². The van der Waals surface area contributed by atoms with Gasteiger partial charge in [-0.3, -0.25) is 4.79 Å². The number of benzene rings is 1. The van der Waals surface area contributed by atoms with E-state index >= 15 is 0 Å². The molecule has 0 aromatic heterocycles. The Morgan fingerprint density at radius 3 is 2.71 bits per heavy atom. The lowest BCUT2D eigenvalue weighted by Crippen LogP contribution is -2.37. The van der Waals surface area contributed by atoms with Gasteiger partial charge in [0, 0.05) is 18.2 Å². The van der Waals surface area contributed by atoms with Crippen LogP contribution < -0.4 is 0 Å². The lowest BCUT2D eigenvalue weighted by atomic mass is 10.1. The van der Waals surface area contributed by atoms with Crippen LogP contribution >= 0.6 is 0 Å². The van der Waals surface area contributed by atoms with Crippen molar-refractivity contribution in [3.8, 4) is 17.9 Å². The van der Waals surface area contributed by atoms with Gasteiger partial charge in [0.05, 0.1) is 18.1 Å². The standard InChI is InChI=1S/C16H17FN2O2/c1-12(2)19(9-4-8-18)16(21)14-7-6-13(5-3-10-20)15(17)11-14/h6-7,11-12,20H,4,9-10H2,1-2H3. The Hall–Kier alpha value is -2.37. The normalized spacial score (nSPS) is 9.71. The van der Waals surface area contributed by atoms with E-state index in [2.05, 4.69) is 11.8 Å². The van der Waals surface area contributed by atoms with Crippen molar-refractivity contribution in [3.63, 3.8) is 0 Å². The van der Waals surface area contributed by atoms with Crippen molar-refractivity contribution < 1.29 is 14.3 Å². The summed E-state index contributed by atoms with van der Waals surface area (Å²) in [5.74, 6) is 3.90. The van der Waals surface area contributed by atoms with Crippen LogP contribution in [0.2, 0.25) is 0 Å². The molecule has 0 saturated carbocycles. The number of amides is 1. The first-order chi connectivity index (χ1) is 10.0. The molecule has 0 aliphatic heterocycles. The number of halogens is 1. The summed E-state index contributed by atoms with van der Waals surface area (Å²) in [5.41, 5.74) is 0.349. The van der Waals surface area contributed by atoms with Gasteiger partial charge in [0.1, 0.15) is 12.4 Å². The van der Waals surface area contributed by atoms with E-state index in [4.69, 9.17) is 10.4 Å². The van der Waals surface area contributed by atoms with E-state index in [1.807, 2.05) is 19.9 Å². The summed E-state index contributed by atoms with van der Waals surface area (Å²) in [7, 11) is 0. The van der Waals surface area contributed by atoms with Crippen LogP contribution in [0.5, 0.6) is 0 Å². The molecule has 0 unspecified atom stereocenters. The van der Waals surface area contributed by atoms with Crippen LogP contribution in [-0.4, -0.2) is 35.1 Å². The molecule has 0 saturated heterocycles. The van der Waals surface area contributed by atoms with Crippen molar-refractivity contribution in [2.45, 2.75) is 26.3 Å². The molecule has 0 fully saturated rings.